The zero-order valence-corrected chi connectivity index (χ0v) is 9.18. The van der Waals surface area contributed by atoms with Gasteiger partial charge in [-0.05, 0) is 31.5 Å². The van der Waals surface area contributed by atoms with E-state index in [0.29, 0.717) is 12.2 Å². The molecule has 0 amide bonds. The van der Waals surface area contributed by atoms with E-state index in [9.17, 15) is 4.39 Å². The first-order valence-corrected chi connectivity index (χ1v) is 4.86. The van der Waals surface area contributed by atoms with Gasteiger partial charge in [-0.1, -0.05) is 18.7 Å². The van der Waals surface area contributed by atoms with Crippen molar-refractivity contribution >= 4 is 5.69 Å². The number of benzene rings is 1. The van der Waals surface area contributed by atoms with Gasteiger partial charge in [-0.25, -0.2) is 4.39 Å². The predicted molar refractivity (Wildman–Crippen MR) is 62.3 cm³/mol. The molecule has 0 bridgehead atoms. The number of alkyl halides is 1. The first-order chi connectivity index (χ1) is 6.87. The second-order valence-corrected chi connectivity index (χ2v) is 4.24. The molecule has 1 aromatic rings. The van der Waals surface area contributed by atoms with Crippen LogP contribution >= 0.6 is 0 Å². The number of nitrogens with two attached hydrogens (primary N) is 1. The summed E-state index contributed by atoms with van der Waals surface area (Å²) in [4.78, 5) is 0. The van der Waals surface area contributed by atoms with Crippen LogP contribution in [0.2, 0.25) is 0 Å². The molecule has 0 radical (unpaired) electrons. The predicted octanol–water partition coefficient (Wildman–Crippen LogP) is 2.82. The van der Waals surface area contributed by atoms with E-state index in [1.165, 1.54) is 0 Å². The van der Waals surface area contributed by atoms with Crippen molar-refractivity contribution in [3.63, 3.8) is 0 Å². The van der Waals surface area contributed by atoms with Gasteiger partial charge in [0, 0.05) is 12.1 Å². The fourth-order valence-electron chi connectivity index (χ4n) is 1.38. The highest BCUT2D eigenvalue weighted by atomic mass is 19.1. The van der Waals surface area contributed by atoms with Gasteiger partial charge in [-0.15, -0.1) is 0 Å². The van der Waals surface area contributed by atoms with Crippen LogP contribution in [0.15, 0.2) is 36.7 Å². The van der Waals surface area contributed by atoms with Gasteiger partial charge in [0.2, 0.25) is 0 Å². The van der Waals surface area contributed by atoms with Crippen LogP contribution in [0.5, 0.6) is 0 Å². The summed E-state index contributed by atoms with van der Waals surface area (Å²) in [6.45, 7) is 6.68. The van der Waals surface area contributed by atoms with Crippen molar-refractivity contribution in [1.82, 2.24) is 0 Å². The summed E-state index contributed by atoms with van der Waals surface area (Å²) >= 11 is 0. The largest absolute Gasteiger partial charge is 0.386 e. The Morgan fingerprint density at radius 2 is 1.93 bits per heavy atom. The van der Waals surface area contributed by atoms with E-state index in [0.717, 1.165) is 11.3 Å². The monoisotopic (exact) mass is 208 g/mol. The van der Waals surface area contributed by atoms with Crippen LogP contribution in [0.3, 0.4) is 0 Å². The number of hydrogen-bond donors (Lipinski definition) is 2. The van der Waals surface area contributed by atoms with Gasteiger partial charge in [0.1, 0.15) is 5.67 Å². The number of anilines is 1. The molecule has 0 atom stereocenters. The zero-order chi connectivity index (χ0) is 11.5. The fraction of sp³-hybridized carbons (Fsp3) is 0.333. The summed E-state index contributed by atoms with van der Waals surface area (Å²) in [5.41, 5.74) is 6.06. The average Bonchev–Trinajstić information content (AvgIpc) is 2.05. The minimum Gasteiger partial charge on any atom is -0.386 e. The minimum atomic E-state index is -1.17. The van der Waals surface area contributed by atoms with Gasteiger partial charge in [0.25, 0.3) is 0 Å². The Balaban J connectivity index is 2.68. The molecule has 3 N–H and O–H groups in total. The highest BCUT2D eigenvalue weighted by Crippen LogP contribution is 2.18. The molecule has 1 rings (SSSR count). The van der Waals surface area contributed by atoms with E-state index in [1.807, 2.05) is 24.3 Å². The molecule has 3 heteroatoms. The van der Waals surface area contributed by atoms with Crippen LogP contribution in [-0.2, 0) is 6.42 Å². The molecule has 1 aromatic carbocycles. The number of hydrogen-bond acceptors (Lipinski definition) is 2. The highest BCUT2D eigenvalue weighted by molar-refractivity contribution is 5.48. The molecule has 0 spiro atoms. The van der Waals surface area contributed by atoms with E-state index in [1.54, 1.807) is 13.8 Å². The maximum absolute atomic E-state index is 13.3. The molecule has 0 fully saturated rings. The van der Waals surface area contributed by atoms with Crippen molar-refractivity contribution in [2.45, 2.75) is 25.9 Å². The lowest BCUT2D eigenvalue weighted by molar-refractivity contribution is 0.217. The lowest BCUT2D eigenvalue weighted by Crippen LogP contribution is -2.15. The molecule has 0 saturated heterocycles. The van der Waals surface area contributed by atoms with Crippen LogP contribution in [0.1, 0.15) is 19.4 Å². The van der Waals surface area contributed by atoms with Crippen LogP contribution in [-0.4, -0.2) is 5.67 Å². The van der Waals surface area contributed by atoms with E-state index < -0.39 is 5.67 Å². The summed E-state index contributed by atoms with van der Waals surface area (Å²) in [7, 11) is 0. The highest BCUT2D eigenvalue weighted by Gasteiger charge is 2.15. The molecular formula is C12H17FN2. The van der Waals surface area contributed by atoms with Crippen molar-refractivity contribution in [2.24, 2.45) is 5.73 Å². The molecule has 0 aliphatic heterocycles. The van der Waals surface area contributed by atoms with Gasteiger partial charge >= 0.3 is 0 Å². The van der Waals surface area contributed by atoms with Gasteiger partial charge in [0.05, 0.1) is 5.82 Å². The van der Waals surface area contributed by atoms with Crippen LogP contribution in [0.25, 0.3) is 0 Å². The Hall–Kier alpha value is -1.51. The molecule has 2 nitrogen and oxygen atoms in total. The Morgan fingerprint density at radius 1 is 1.40 bits per heavy atom. The average molecular weight is 208 g/mol. The molecule has 0 saturated carbocycles. The second kappa shape index (κ2) is 4.34. The molecule has 0 heterocycles. The molecular weight excluding hydrogens is 191 g/mol. The molecule has 82 valence electrons. The third kappa shape index (κ3) is 4.49. The number of halogens is 1. The molecule has 0 aromatic heterocycles. The zero-order valence-electron chi connectivity index (χ0n) is 9.18. The Labute approximate surface area is 90.0 Å². The summed E-state index contributed by atoms with van der Waals surface area (Å²) in [5.74, 6) is 0.397. The van der Waals surface area contributed by atoms with Crippen molar-refractivity contribution in [3.05, 3.63) is 42.2 Å². The van der Waals surface area contributed by atoms with Crippen molar-refractivity contribution in [1.29, 1.82) is 0 Å². The van der Waals surface area contributed by atoms with Crippen LogP contribution in [0, 0.1) is 0 Å². The molecule has 0 aliphatic rings. The van der Waals surface area contributed by atoms with E-state index in [2.05, 4.69) is 11.9 Å². The smallest absolute Gasteiger partial charge is 0.109 e. The van der Waals surface area contributed by atoms with Crippen molar-refractivity contribution in [2.75, 3.05) is 5.32 Å². The summed E-state index contributed by atoms with van der Waals surface area (Å²) < 4.78 is 13.3. The lowest BCUT2D eigenvalue weighted by atomic mass is 10.0. The van der Waals surface area contributed by atoms with Crippen molar-refractivity contribution < 1.29 is 4.39 Å². The minimum absolute atomic E-state index is 0.397. The molecule has 0 aliphatic carbocycles. The first-order valence-electron chi connectivity index (χ1n) is 4.86. The van der Waals surface area contributed by atoms with Crippen LogP contribution in [0.4, 0.5) is 10.1 Å². The summed E-state index contributed by atoms with van der Waals surface area (Å²) in [6.07, 6.45) is 0.414. The van der Waals surface area contributed by atoms with Gasteiger partial charge in [0.15, 0.2) is 0 Å². The third-order valence-corrected chi connectivity index (χ3v) is 1.88. The first kappa shape index (κ1) is 11.6. The summed E-state index contributed by atoms with van der Waals surface area (Å²) in [5, 5.41) is 2.88. The van der Waals surface area contributed by atoms with Crippen molar-refractivity contribution in [3.8, 4) is 0 Å². The van der Waals surface area contributed by atoms with Crippen LogP contribution < -0.4 is 11.1 Å². The number of nitrogens with one attached hydrogen (secondary N) is 1. The Morgan fingerprint density at radius 3 is 2.33 bits per heavy atom. The molecule has 15 heavy (non-hydrogen) atoms. The normalized spacial score (nSPS) is 11.1. The standard InChI is InChI=1S/C12H17FN2/c1-9(14)15-11-6-4-10(5-7-11)8-12(2,3)13/h4-7,15H,1,8,14H2,2-3H3. The van der Waals surface area contributed by atoms with Gasteiger partial charge in [-0.3, -0.25) is 0 Å². The second-order valence-electron chi connectivity index (χ2n) is 4.24. The fourth-order valence-corrected chi connectivity index (χ4v) is 1.38. The maximum atomic E-state index is 13.3. The number of rotatable bonds is 4. The van der Waals surface area contributed by atoms with E-state index in [4.69, 9.17) is 5.73 Å². The van der Waals surface area contributed by atoms with Gasteiger partial charge < -0.3 is 11.1 Å². The third-order valence-electron chi connectivity index (χ3n) is 1.88. The Kier molecular flexibility index (Phi) is 3.35. The lowest BCUT2D eigenvalue weighted by Gasteiger charge is -2.14. The molecule has 0 unspecified atom stereocenters. The van der Waals surface area contributed by atoms with E-state index >= 15 is 0 Å². The SMILES string of the molecule is C=C(N)Nc1ccc(CC(C)(C)F)cc1. The summed E-state index contributed by atoms with van der Waals surface area (Å²) in [6, 6.07) is 7.48. The topological polar surface area (TPSA) is 38.0 Å². The maximum Gasteiger partial charge on any atom is 0.109 e. The van der Waals surface area contributed by atoms with E-state index in [-0.39, 0.29) is 0 Å². The quantitative estimate of drug-likeness (QED) is 0.798. The van der Waals surface area contributed by atoms with Gasteiger partial charge in [-0.2, -0.15) is 0 Å². The Bertz CT molecular complexity index is 336.